The Bertz CT molecular complexity index is 296. The summed E-state index contributed by atoms with van der Waals surface area (Å²) in [4.78, 5) is 0. The van der Waals surface area contributed by atoms with Crippen LogP contribution in [0.1, 0.15) is 20.3 Å². The molecule has 0 saturated heterocycles. The van der Waals surface area contributed by atoms with Crippen molar-refractivity contribution in [1.29, 1.82) is 0 Å². The van der Waals surface area contributed by atoms with Gasteiger partial charge in [-0.3, -0.25) is 0 Å². The topological polar surface area (TPSA) is 0 Å². The Labute approximate surface area is 93.7 Å². The molecule has 0 aromatic heterocycles. The fourth-order valence-electron chi connectivity index (χ4n) is 1.08. The zero-order valence-corrected chi connectivity index (χ0v) is 9.69. The highest BCUT2D eigenvalue weighted by molar-refractivity contribution is 5.25. The maximum atomic E-state index is 3.69. The van der Waals surface area contributed by atoms with Gasteiger partial charge in [-0.05, 0) is 25.8 Å². The third-order valence-corrected chi connectivity index (χ3v) is 1.73. The molecule has 0 rings (SSSR count). The summed E-state index contributed by atoms with van der Waals surface area (Å²) in [6, 6.07) is 0. The van der Waals surface area contributed by atoms with Gasteiger partial charge in [0, 0.05) is 0 Å². The van der Waals surface area contributed by atoms with Crippen LogP contribution in [0.5, 0.6) is 0 Å². The van der Waals surface area contributed by atoms with Crippen molar-refractivity contribution in [2.75, 3.05) is 0 Å². The summed E-state index contributed by atoms with van der Waals surface area (Å²) < 4.78 is 0. The van der Waals surface area contributed by atoms with Gasteiger partial charge < -0.3 is 0 Å². The second-order valence-corrected chi connectivity index (χ2v) is 3.02. The van der Waals surface area contributed by atoms with Crippen LogP contribution in [0.15, 0.2) is 72.9 Å². The Balaban J connectivity index is 4.10. The molecular formula is C15H20. The van der Waals surface area contributed by atoms with Crippen molar-refractivity contribution in [3.8, 4) is 0 Å². The SMILES string of the molecule is C=C/C=C(\C=C/C)C/C=C/C=C\C=C/C. The van der Waals surface area contributed by atoms with Crippen molar-refractivity contribution in [1.82, 2.24) is 0 Å². The normalized spacial score (nSPS) is 13.9. The zero-order valence-electron chi connectivity index (χ0n) is 9.69. The van der Waals surface area contributed by atoms with Gasteiger partial charge in [-0.1, -0.05) is 67.3 Å². The van der Waals surface area contributed by atoms with E-state index >= 15 is 0 Å². The molecule has 0 unspecified atom stereocenters. The van der Waals surface area contributed by atoms with Crippen molar-refractivity contribution in [2.24, 2.45) is 0 Å². The first-order valence-corrected chi connectivity index (χ1v) is 5.24. The predicted molar refractivity (Wildman–Crippen MR) is 70.8 cm³/mol. The number of hydrogen-bond donors (Lipinski definition) is 0. The molecule has 0 atom stereocenters. The van der Waals surface area contributed by atoms with Crippen LogP contribution in [0, 0.1) is 0 Å². The molecule has 0 aromatic carbocycles. The Morgan fingerprint density at radius 3 is 2.33 bits per heavy atom. The Hall–Kier alpha value is -1.56. The molecule has 0 nitrogen and oxygen atoms in total. The molecule has 0 bridgehead atoms. The standard InChI is InChI=1S/C15H20/c1-4-7-8-9-10-11-14-15(12-5-2)13-6-3/h4-13H,2,14H2,1,3H3/b7-4-,9-8-,11-10+,13-6-,15-12+. The average molecular weight is 200 g/mol. The molecule has 0 radical (unpaired) electrons. The van der Waals surface area contributed by atoms with Gasteiger partial charge in [0.2, 0.25) is 0 Å². The van der Waals surface area contributed by atoms with Crippen molar-refractivity contribution in [3.63, 3.8) is 0 Å². The van der Waals surface area contributed by atoms with Gasteiger partial charge >= 0.3 is 0 Å². The van der Waals surface area contributed by atoms with Crippen molar-refractivity contribution < 1.29 is 0 Å². The molecule has 0 saturated carbocycles. The third-order valence-electron chi connectivity index (χ3n) is 1.73. The van der Waals surface area contributed by atoms with Crippen molar-refractivity contribution >= 4 is 0 Å². The summed E-state index contributed by atoms with van der Waals surface area (Å²) in [5, 5.41) is 0. The molecule has 0 heteroatoms. The number of hydrogen-bond acceptors (Lipinski definition) is 0. The van der Waals surface area contributed by atoms with Crippen LogP contribution < -0.4 is 0 Å². The second-order valence-electron chi connectivity index (χ2n) is 3.02. The van der Waals surface area contributed by atoms with Gasteiger partial charge in [-0.15, -0.1) is 0 Å². The molecule has 0 heterocycles. The van der Waals surface area contributed by atoms with Crippen LogP contribution in [0.4, 0.5) is 0 Å². The molecule has 0 aliphatic rings. The summed E-state index contributed by atoms with van der Waals surface area (Å²) in [5.41, 5.74) is 1.27. The maximum absolute atomic E-state index is 3.69. The van der Waals surface area contributed by atoms with Gasteiger partial charge in [0.25, 0.3) is 0 Å². The first-order chi connectivity index (χ1) is 7.35. The minimum Gasteiger partial charge on any atom is -0.0991 e. The van der Waals surface area contributed by atoms with Gasteiger partial charge in [-0.25, -0.2) is 0 Å². The highest BCUT2D eigenvalue weighted by Crippen LogP contribution is 2.04. The van der Waals surface area contributed by atoms with E-state index in [2.05, 4.69) is 24.8 Å². The molecule has 15 heavy (non-hydrogen) atoms. The minimum absolute atomic E-state index is 0.941. The molecule has 80 valence electrons. The van der Waals surface area contributed by atoms with Crippen molar-refractivity contribution in [3.05, 3.63) is 72.9 Å². The van der Waals surface area contributed by atoms with E-state index in [1.54, 1.807) is 0 Å². The van der Waals surface area contributed by atoms with E-state index in [1.165, 1.54) is 5.57 Å². The smallest absolute Gasteiger partial charge is 0.00944 e. The highest BCUT2D eigenvalue weighted by Gasteiger charge is 1.84. The lowest BCUT2D eigenvalue weighted by Crippen LogP contribution is -1.73. The van der Waals surface area contributed by atoms with Gasteiger partial charge in [0.05, 0.1) is 0 Å². The minimum atomic E-state index is 0.941. The largest absolute Gasteiger partial charge is 0.0991 e. The molecule has 0 aliphatic heterocycles. The predicted octanol–water partition coefficient (Wildman–Crippen LogP) is 4.75. The summed E-state index contributed by atoms with van der Waals surface area (Å²) in [6.45, 7) is 7.72. The fraction of sp³-hybridized carbons (Fsp3) is 0.200. The van der Waals surface area contributed by atoms with E-state index < -0.39 is 0 Å². The van der Waals surface area contributed by atoms with Gasteiger partial charge in [-0.2, -0.15) is 0 Å². The monoisotopic (exact) mass is 200 g/mol. The van der Waals surface area contributed by atoms with Gasteiger partial charge in [0.1, 0.15) is 0 Å². The Morgan fingerprint density at radius 1 is 1.00 bits per heavy atom. The maximum Gasteiger partial charge on any atom is -0.00944 e. The van der Waals surface area contributed by atoms with Crippen LogP contribution in [-0.4, -0.2) is 0 Å². The first-order valence-electron chi connectivity index (χ1n) is 5.24. The van der Waals surface area contributed by atoms with E-state index in [9.17, 15) is 0 Å². The summed E-state index contributed by atoms with van der Waals surface area (Å²) in [5.74, 6) is 0. The third kappa shape index (κ3) is 8.76. The van der Waals surface area contributed by atoms with Crippen LogP contribution >= 0.6 is 0 Å². The van der Waals surface area contributed by atoms with Crippen LogP contribution in [0.3, 0.4) is 0 Å². The summed E-state index contributed by atoms with van der Waals surface area (Å²) in [7, 11) is 0. The average Bonchev–Trinajstić information content (AvgIpc) is 2.24. The Kier molecular flexibility index (Phi) is 9.43. The fourth-order valence-corrected chi connectivity index (χ4v) is 1.08. The molecule has 0 aliphatic carbocycles. The van der Waals surface area contributed by atoms with Crippen molar-refractivity contribution in [2.45, 2.75) is 20.3 Å². The van der Waals surface area contributed by atoms with Crippen LogP contribution in [0.2, 0.25) is 0 Å². The zero-order chi connectivity index (χ0) is 11.4. The number of allylic oxidation sites excluding steroid dienone is 11. The highest BCUT2D eigenvalue weighted by atomic mass is 13.9. The van der Waals surface area contributed by atoms with Gasteiger partial charge in [0.15, 0.2) is 0 Å². The molecule has 0 aromatic rings. The lowest BCUT2D eigenvalue weighted by Gasteiger charge is -1.93. The lowest BCUT2D eigenvalue weighted by molar-refractivity contribution is 1.28. The molecule has 0 N–H and O–H groups in total. The van der Waals surface area contributed by atoms with E-state index in [4.69, 9.17) is 0 Å². The summed E-state index contributed by atoms with van der Waals surface area (Å²) >= 11 is 0. The Morgan fingerprint density at radius 2 is 1.73 bits per heavy atom. The second kappa shape index (κ2) is 10.5. The molecular weight excluding hydrogens is 180 g/mol. The molecule has 0 fully saturated rings. The van der Waals surface area contributed by atoms with E-state index in [0.717, 1.165) is 6.42 Å². The number of rotatable bonds is 6. The van der Waals surface area contributed by atoms with Crippen LogP contribution in [-0.2, 0) is 0 Å². The lowest BCUT2D eigenvalue weighted by atomic mass is 10.1. The van der Waals surface area contributed by atoms with E-state index in [1.807, 2.05) is 56.4 Å². The molecule has 0 spiro atoms. The van der Waals surface area contributed by atoms with Crippen LogP contribution in [0.25, 0.3) is 0 Å². The first kappa shape index (κ1) is 13.4. The van der Waals surface area contributed by atoms with E-state index in [-0.39, 0.29) is 0 Å². The van der Waals surface area contributed by atoms with E-state index in [0.29, 0.717) is 0 Å². The summed E-state index contributed by atoms with van der Waals surface area (Å²) in [6.07, 6.45) is 21.2. The quantitative estimate of drug-likeness (QED) is 0.543. The molecule has 0 amide bonds.